The lowest BCUT2D eigenvalue weighted by atomic mass is 9.99. The van der Waals surface area contributed by atoms with Crippen LogP contribution in [-0.4, -0.2) is 53.6 Å². The fourth-order valence-corrected chi connectivity index (χ4v) is 3.57. The molecule has 2 saturated heterocycles. The van der Waals surface area contributed by atoms with Crippen molar-refractivity contribution >= 4 is 17.2 Å². The first-order valence-corrected chi connectivity index (χ1v) is 8.41. The van der Waals surface area contributed by atoms with Gasteiger partial charge in [-0.25, -0.2) is 0 Å². The number of rotatable bonds is 6. The molecule has 110 valence electrons. The van der Waals surface area contributed by atoms with Gasteiger partial charge in [0.05, 0.1) is 4.99 Å². The van der Waals surface area contributed by atoms with Crippen molar-refractivity contribution in [3.8, 4) is 0 Å². The van der Waals surface area contributed by atoms with Crippen molar-refractivity contribution in [2.45, 2.75) is 57.4 Å². The number of likely N-dealkylation sites (tertiary alicyclic amines) is 2. The lowest BCUT2D eigenvalue weighted by molar-refractivity contribution is 0.0920. The molecule has 0 aromatic carbocycles. The Labute approximate surface area is 123 Å². The van der Waals surface area contributed by atoms with Gasteiger partial charge in [0, 0.05) is 6.04 Å². The van der Waals surface area contributed by atoms with Crippen LogP contribution >= 0.6 is 12.2 Å². The minimum absolute atomic E-state index is 0.670. The lowest BCUT2D eigenvalue weighted by Crippen LogP contribution is -2.46. The quantitative estimate of drug-likeness (QED) is 0.599. The van der Waals surface area contributed by atoms with E-state index in [4.69, 9.17) is 18.0 Å². The highest BCUT2D eigenvalue weighted by atomic mass is 32.1. The number of thiocarbonyl (C=S) groups is 1. The SMILES string of the molecule is NC(=S)CCCCN1CCC(N2CCCCC2)CC1. The van der Waals surface area contributed by atoms with Gasteiger partial charge >= 0.3 is 0 Å². The second kappa shape index (κ2) is 8.18. The molecule has 0 atom stereocenters. The molecule has 2 fully saturated rings. The maximum absolute atomic E-state index is 5.52. The Balaban J connectivity index is 1.58. The molecule has 2 N–H and O–H groups in total. The van der Waals surface area contributed by atoms with E-state index in [0.717, 1.165) is 18.9 Å². The Bertz CT molecular complexity index is 269. The Kier molecular flexibility index (Phi) is 6.54. The second-order valence-electron chi connectivity index (χ2n) is 6.09. The predicted molar refractivity (Wildman–Crippen MR) is 85.5 cm³/mol. The molecular weight excluding hydrogens is 254 g/mol. The molecule has 3 nitrogen and oxygen atoms in total. The number of unbranched alkanes of at least 4 members (excludes halogenated alkanes) is 1. The van der Waals surface area contributed by atoms with Gasteiger partial charge in [0.25, 0.3) is 0 Å². The molecule has 0 unspecified atom stereocenters. The molecule has 2 aliphatic rings. The van der Waals surface area contributed by atoms with Crippen molar-refractivity contribution in [2.24, 2.45) is 5.73 Å². The molecule has 2 rings (SSSR count). The van der Waals surface area contributed by atoms with E-state index in [9.17, 15) is 0 Å². The average molecular weight is 283 g/mol. The van der Waals surface area contributed by atoms with Crippen LogP contribution in [0.2, 0.25) is 0 Å². The zero-order valence-electron chi connectivity index (χ0n) is 12.1. The summed E-state index contributed by atoms with van der Waals surface area (Å²) in [5, 5.41) is 0. The fourth-order valence-electron chi connectivity index (χ4n) is 3.43. The summed E-state index contributed by atoms with van der Waals surface area (Å²) >= 11 is 4.91. The molecular formula is C15H29N3S. The van der Waals surface area contributed by atoms with Crippen LogP contribution in [0, 0.1) is 0 Å². The van der Waals surface area contributed by atoms with E-state index >= 15 is 0 Å². The molecule has 4 heteroatoms. The van der Waals surface area contributed by atoms with Gasteiger partial charge in [-0.1, -0.05) is 18.6 Å². The van der Waals surface area contributed by atoms with Crippen molar-refractivity contribution in [3.05, 3.63) is 0 Å². The first-order valence-electron chi connectivity index (χ1n) is 8.00. The van der Waals surface area contributed by atoms with Crippen molar-refractivity contribution in [2.75, 3.05) is 32.7 Å². The first kappa shape index (κ1) is 15.2. The third kappa shape index (κ3) is 5.36. The molecule has 0 spiro atoms. The van der Waals surface area contributed by atoms with Crippen LogP contribution < -0.4 is 5.73 Å². The summed E-state index contributed by atoms with van der Waals surface area (Å²) < 4.78 is 0. The molecule has 0 aromatic heterocycles. The molecule has 0 aromatic rings. The highest BCUT2D eigenvalue weighted by Crippen LogP contribution is 2.21. The first-order chi connectivity index (χ1) is 9.25. The fraction of sp³-hybridized carbons (Fsp3) is 0.933. The van der Waals surface area contributed by atoms with Crippen LogP contribution in [0.15, 0.2) is 0 Å². The molecule has 0 saturated carbocycles. The van der Waals surface area contributed by atoms with Crippen molar-refractivity contribution < 1.29 is 0 Å². The van der Waals surface area contributed by atoms with Gasteiger partial charge in [-0.2, -0.15) is 0 Å². The van der Waals surface area contributed by atoms with Crippen molar-refractivity contribution in [3.63, 3.8) is 0 Å². The Morgan fingerprint density at radius 3 is 2.32 bits per heavy atom. The zero-order chi connectivity index (χ0) is 13.5. The number of nitrogens with two attached hydrogens (primary N) is 1. The highest BCUT2D eigenvalue weighted by molar-refractivity contribution is 7.80. The Morgan fingerprint density at radius 2 is 1.68 bits per heavy atom. The summed E-state index contributed by atoms with van der Waals surface area (Å²) in [6.07, 6.45) is 10.3. The summed E-state index contributed by atoms with van der Waals surface area (Å²) in [7, 11) is 0. The number of hydrogen-bond donors (Lipinski definition) is 1. The lowest BCUT2D eigenvalue weighted by Gasteiger charge is -2.40. The maximum atomic E-state index is 5.52. The summed E-state index contributed by atoms with van der Waals surface area (Å²) in [6, 6.07) is 0.869. The second-order valence-corrected chi connectivity index (χ2v) is 6.62. The van der Waals surface area contributed by atoms with E-state index < -0.39 is 0 Å². The number of hydrogen-bond acceptors (Lipinski definition) is 3. The zero-order valence-corrected chi connectivity index (χ0v) is 13.0. The van der Waals surface area contributed by atoms with Gasteiger partial charge < -0.3 is 15.5 Å². The smallest absolute Gasteiger partial charge is 0.0727 e. The Morgan fingerprint density at radius 1 is 1.00 bits per heavy atom. The summed E-state index contributed by atoms with van der Waals surface area (Å²) in [4.78, 5) is 6.04. The highest BCUT2D eigenvalue weighted by Gasteiger charge is 2.24. The third-order valence-electron chi connectivity index (χ3n) is 4.61. The van der Waals surface area contributed by atoms with Gasteiger partial charge in [-0.15, -0.1) is 0 Å². The van der Waals surface area contributed by atoms with Crippen LogP contribution in [-0.2, 0) is 0 Å². The van der Waals surface area contributed by atoms with Crippen LogP contribution in [0.5, 0.6) is 0 Å². The van der Waals surface area contributed by atoms with Crippen molar-refractivity contribution in [1.82, 2.24) is 9.80 Å². The predicted octanol–water partition coefficient (Wildman–Crippen LogP) is 2.39. The van der Waals surface area contributed by atoms with Crippen LogP contribution in [0.25, 0.3) is 0 Å². The summed E-state index contributed by atoms with van der Waals surface area (Å²) in [5.74, 6) is 0. The number of nitrogens with zero attached hydrogens (tertiary/aromatic N) is 2. The Hall–Kier alpha value is -0.190. The minimum atomic E-state index is 0.670. The maximum Gasteiger partial charge on any atom is 0.0727 e. The van der Waals surface area contributed by atoms with Gasteiger partial charge in [-0.05, 0) is 77.7 Å². The van der Waals surface area contributed by atoms with Gasteiger partial charge in [0.2, 0.25) is 0 Å². The van der Waals surface area contributed by atoms with E-state index in [1.807, 2.05) is 0 Å². The van der Waals surface area contributed by atoms with Crippen molar-refractivity contribution in [1.29, 1.82) is 0 Å². The average Bonchev–Trinajstić information content (AvgIpc) is 2.45. The van der Waals surface area contributed by atoms with Gasteiger partial charge in [0.1, 0.15) is 0 Å². The largest absolute Gasteiger partial charge is 0.393 e. The molecule has 2 aliphatic heterocycles. The molecule has 0 bridgehead atoms. The third-order valence-corrected chi connectivity index (χ3v) is 4.82. The van der Waals surface area contributed by atoms with Crippen LogP contribution in [0.4, 0.5) is 0 Å². The van der Waals surface area contributed by atoms with E-state index in [1.165, 1.54) is 71.2 Å². The molecule has 2 heterocycles. The van der Waals surface area contributed by atoms with Gasteiger partial charge in [-0.3, -0.25) is 0 Å². The summed E-state index contributed by atoms with van der Waals surface area (Å²) in [5.41, 5.74) is 5.52. The molecule has 0 amide bonds. The molecule has 19 heavy (non-hydrogen) atoms. The standard InChI is InChI=1S/C15H29N3S/c16-15(19)6-2-5-9-17-12-7-14(8-13-17)18-10-3-1-4-11-18/h14H,1-13H2,(H2,16,19). The molecule has 0 aliphatic carbocycles. The van der Waals surface area contributed by atoms with Gasteiger partial charge in [0.15, 0.2) is 0 Å². The summed E-state index contributed by atoms with van der Waals surface area (Å²) in [6.45, 7) is 6.50. The van der Waals surface area contributed by atoms with Crippen LogP contribution in [0.1, 0.15) is 51.4 Å². The number of piperidine rings is 2. The van der Waals surface area contributed by atoms with E-state index in [0.29, 0.717) is 4.99 Å². The topological polar surface area (TPSA) is 32.5 Å². The van der Waals surface area contributed by atoms with E-state index in [-0.39, 0.29) is 0 Å². The van der Waals surface area contributed by atoms with E-state index in [1.54, 1.807) is 0 Å². The molecule has 0 radical (unpaired) electrons. The van der Waals surface area contributed by atoms with E-state index in [2.05, 4.69) is 9.80 Å². The minimum Gasteiger partial charge on any atom is -0.393 e. The normalized spacial score (nSPS) is 23.6. The monoisotopic (exact) mass is 283 g/mol. The van der Waals surface area contributed by atoms with Crippen LogP contribution in [0.3, 0.4) is 0 Å².